The van der Waals surface area contributed by atoms with Crippen molar-refractivity contribution in [3.63, 3.8) is 0 Å². The molecular formula is C11H21N3O2S. The zero-order chi connectivity index (χ0) is 13.4. The highest BCUT2D eigenvalue weighted by Crippen LogP contribution is 2.21. The summed E-state index contributed by atoms with van der Waals surface area (Å²) in [5, 5.41) is 4.13. The van der Waals surface area contributed by atoms with E-state index in [0.29, 0.717) is 16.3 Å². The van der Waals surface area contributed by atoms with Crippen LogP contribution in [0.5, 0.6) is 0 Å². The first kappa shape index (κ1) is 14.2. The molecule has 5 nitrogen and oxygen atoms in total. The lowest BCUT2D eigenvalue weighted by molar-refractivity contribution is 0.439. The van der Waals surface area contributed by atoms with Crippen LogP contribution in [0.4, 0.5) is 0 Å². The smallest absolute Gasteiger partial charge is 0.244 e. The molecule has 0 fully saturated rings. The average molecular weight is 259 g/mol. The van der Waals surface area contributed by atoms with Crippen LogP contribution >= 0.6 is 0 Å². The predicted octanol–water partition coefficient (Wildman–Crippen LogP) is 1.50. The Morgan fingerprint density at radius 2 is 1.88 bits per heavy atom. The summed E-state index contributed by atoms with van der Waals surface area (Å²) in [6, 6.07) is 0. The van der Waals surface area contributed by atoms with Gasteiger partial charge in [-0.05, 0) is 34.1 Å². The number of hydrogen-bond acceptors (Lipinski definition) is 3. The van der Waals surface area contributed by atoms with Crippen LogP contribution in [0.3, 0.4) is 0 Å². The Labute approximate surface area is 103 Å². The van der Waals surface area contributed by atoms with E-state index in [1.165, 1.54) is 0 Å². The van der Waals surface area contributed by atoms with Gasteiger partial charge in [-0.15, -0.1) is 0 Å². The summed E-state index contributed by atoms with van der Waals surface area (Å²) < 4.78 is 28.9. The molecule has 0 saturated carbocycles. The van der Waals surface area contributed by atoms with E-state index < -0.39 is 15.6 Å². The highest BCUT2D eigenvalue weighted by Gasteiger charge is 2.29. The number of nitrogens with one attached hydrogen (secondary N) is 1. The van der Waals surface area contributed by atoms with Crippen molar-refractivity contribution in [3.05, 3.63) is 11.4 Å². The van der Waals surface area contributed by atoms with Crippen molar-refractivity contribution >= 4 is 10.0 Å². The number of aromatic nitrogens is 2. The van der Waals surface area contributed by atoms with Crippen LogP contribution in [0, 0.1) is 13.8 Å². The van der Waals surface area contributed by atoms with Crippen molar-refractivity contribution in [2.24, 2.45) is 7.05 Å². The van der Waals surface area contributed by atoms with E-state index in [1.807, 2.05) is 20.8 Å². The molecule has 0 atom stereocenters. The maximum atomic E-state index is 12.3. The zero-order valence-electron chi connectivity index (χ0n) is 11.3. The number of hydrogen-bond donors (Lipinski definition) is 1. The maximum Gasteiger partial charge on any atom is 0.244 e. The van der Waals surface area contributed by atoms with Crippen molar-refractivity contribution in [3.8, 4) is 0 Å². The van der Waals surface area contributed by atoms with Crippen LogP contribution in [-0.4, -0.2) is 23.7 Å². The third kappa shape index (κ3) is 2.87. The first-order valence-corrected chi connectivity index (χ1v) is 7.13. The van der Waals surface area contributed by atoms with E-state index in [2.05, 4.69) is 9.82 Å². The normalized spacial score (nSPS) is 13.1. The minimum absolute atomic E-state index is 0.293. The Bertz CT molecular complexity index is 515. The van der Waals surface area contributed by atoms with Crippen LogP contribution in [0.25, 0.3) is 0 Å². The largest absolute Gasteiger partial charge is 0.271 e. The summed E-state index contributed by atoms with van der Waals surface area (Å²) >= 11 is 0. The quantitative estimate of drug-likeness (QED) is 0.891. The molecule has 17 heavy (non-hydrogen) atoms. The molecule has 0 aliphatic rings. The van der Waals surface area contributed by atoms with E-state index in [1.54, 1.807) is 25.6 Å². The van der Waals surface area contributed by atoms with Crippen molar-refractivity contribution in [2.45, 2.75) is 51.5 Å². The molecule has 0 spiro atoms. The summed E-state index contributed by atoms with van der Waals surface area (Å²) in [5.74, 6) is 0. The van der Waals surface area contributed by atoms with Gasteiger partial charge >= 0.3 is 0 Å². The van der Waals surface area contributed by atoms with E-state index in [9.17, 15) is 8.42 Å². The molecule has 98 valence electrons. The Kier molecular flexibility index (Phi) is 3.69. The standard InChI is InChI=1S/C11H21N3O2S/c1-7-11(4,5)13-17(15,16)10-8(2)12-14(6)9(10)3/h13H,7H2,1-6H3. The summed E-state index contributed by atoms with van der Waals surface area (Å²) in [7, 11) is -1.76. The van der Waals surface area contributed by atoms with Gasteiger partial charge in [0.15, 0.2) is 0 Å². The van der Waals surface area contributed by atoms with Crippen LogP contribution in [0.2, 0.25) is 0 Å². The summed E-state index contributed by atoms with van der Waals surface area (Å²) in [5.41, 5.74) is 0.736. The number of nitrogens with zero attached hydrogens (tertiary/aromatic N) is 2. The van der Waals surface area contributed by atoms with Crippen molar-refractivity contribution in [2.75, 3.05) is 0 Å². The maximum absolute atomic E-state index is 12.3. The van der Waals surface area contributed by atoms with Crippen LogP contribution in [0.15, 0.2) is 4.90 Å². The lowest BCUT2D eigenvalue weighted by atomic mass is 10.0. The molecule has 0 amide bonds. The van der Waals surface area contributed by atoms with Gasteiger partial charge in [0.1, 0.15) is 4.90 Å². The van der Waals surface area contributed by atoms with Crippen molar-refractivity contribution in [1.82, 2.24) is 14.5 Å². The second-order valence-corrected chi connectivity index (χ2v) is 6.59. The van der Waals surface area contributed by atoms with Gasteiger partial charge in [0.2, 0.25) is 10.0 Å². The highest BCUT2D eigenvalue weighted by molar-refractivity contribution is 7.89. The van der Waals surface area contributed by atoms with Crippen molar-refractivity contribution in [1.29, 1.82) is 0 Å². The molecule has 0 bridgehead atoms. The Balaban J connectivity index is 3.23. The second kappa shape index (κ2) is 4.42. The van der Waals surface area contributed by atoms with Gasteiger partial charge in [0.25, 0.3) is 0 Å². The second-order valence-electron chi connectivity index (χ2n) is 4.97. The summed E-state index contributed by atoms with van der Waals surface area (Å²) in [6.45, 7) is 9.15. The van der Waals surface area contributed by atoms with E-state index in [4.69, 9.17) is 0 Å². The molecule has 0 aromatic carbocycles. The number of aryl methyl sites for hydroxylation is 2. The topological polar surface area (TPSA) is 64.0 Å². The van der Waals surface area contributed by atoms with Gasteiger partial charge in [0.05, 0.1) is 11.4 Å². The molecule has 1 aromatic heterocycles. The summed E-state index contributed by atoms with van der Waals surface area (Å²) in [6.07, 6.45) is 0.727. The number of rotatable bonds is 4. The van der Waals surface area contributed by atoms with E-state index in [0.717, 1.165) is 6.42 Å². The van der Waals surface area contributed by atoms with Crippen molar-refractivity contribution < 1.29 is 8.42 Å². The van der Waals surface area contributed by atoms with Gasteiger partial charge in [0, 0.05) is 12.6 Å². The minimum Gasteiger partial charge on any atom is -0.271 e. The molecule has 0 unspecified atom stereocenters. The SMILES string of the molecule is CCC(C)(C)NS(=O)(=O)c1c(C)nn(C)c1C. The average Bonchev–Trinajstić information content (AvgIpc) is 2.39. The lowest BCUT2D eigenvalue weighted by Gasteiger charge is -2.24. The fourth-order valence-electron chi connectivity index (χ4n) is 1.63. The predicted molar refractivity (Wildman–Crippen MR) is 67.4 cm³/mol. The Morgan fingerprint density at radius 3 is 2.24 bits per heavy atom. The van der Waals surface area contributed by atoms with Gasteiger partial charge in [-0.2, -0.15) is 5.10 Å². The fourth-order valence-corrected chi connectivity index (χ4v) is 3.55. The van der Waals surface area contributed by atoms with E-state index >= 15 is 0 Å². The first-order valence-electron chi connectivity index (χ1n) is 5.65. The molecule has 6 heteroatoms. The monoisotopic (exact) mass is 259 g/mol. The molecule has 1 rings (SSSR count). The van der Waals surface area contributed by atoms with Gasteiger partial charge < -0.3 is 0 Å². The summed E-state index contributed by atoms with van der Waals surface area (Å²) in [4.78, 5) is 0.293. The molecule has 0 aliphatic carbocycles. The molecule has 1 heterocycles. The Morgan fingerprint density at radius 1 is 1.35 bits per heavy atom. The third-order valence-corrected chi connectivity index (χ3v) is 4.96. The first-order chi connectivity index (χ1) is 7.60. The van der Waals surface area contributed by atoms with Crippen LogP contribution in [-0.2, 0) is 17.1 Å². The molecule has 0 radical (unpaired) electrons. The lowest BCUT2D eigenvalue weighted by Crippen LogP contribution is -2.42. The number of sulfonamides is 1. The van der Waals surface area contributed by atoms with Gasteiger partial charge in [-0.25, -0.2) is 13.1 Å². The molecule has 0 aliphatic heterocycles. The minimum atomic E-state index is -3.50. The van der Waals surface area contributed by atoms with Gasteiger partial charge in [-0.3, -0.25) is 4.68 Å². The molecule has 1 N–H and O–H groups in total. The molecule has 0 saturated heterocycles. The highest BCUT2D eigenvalue weighted by atomic mass is 32.2. The fraction of sp³-hybridized carbons (Fsp3) is 0.727. The Hall–Kier alpha value is -0.880. The van der Waals surface area contributed by atoms with Crippen LogP contribution < -0.4 is 4.72 Å². The van der Waals surface area contributed by atoms with Gasteiger partial charge in [-0.1, -0.05) is 6.92 Å². The molecular weight excluding hydrogens is 238 g/mol. The van der Waals surface area contributed by atoms with Crippen LogP contribution in [0.1, 0.15) is 38.6 Å². The van der Waals surface area contributed by atoms with E-state index in [-0.39, 0.29) is 0 Å². The molecule has 1 aromatic rings. The zero-order valence-corrected chi connectivity index (χ0v) is 12.1. The third-order valence-electron chi connectivity index (χ3n) is 3.01.